The number of hydrogen-bond acceptors (Lipinski definition) is 4. The minimum Gasteiger partial charge on any atom is -0.306 e. The molecule has 0 radical (unpaired) electrons. The van der Waals surface area contributed by atoms with Gasteiger partial charge in [0.1, 0.15) is 11.3 Å². The third kappa shape index (κ3) is 2.13. The zero-order chi connectivity index (χ0) is 14.3. The normalized spacial score (nSPS) is 13.2. The van der Waals surface area contributed by atoms with Crippen LogP contribution in [0.15, 0.2) is 10.9 Å². The molecule has 0 aromatic carbocycles. The van der Waals surface area contributed by atoms with Crippen LogP contribution in [0.25, 0.3) is 11.2 Å². The van der Waals surface area contributed by atoms with Gasteiger partial charge in [-0.2, -0.15) is 5.10 Å². The van der Waals surface area contributed by atoms with Crippen LogP contribution in [0.4, 0.5) is 0 Å². The van der Waals surface area contributed by atoms with E-state index < -0.39 is 0 Å². The number of alkyl halides is 1. The molecular formula is C13H16ClN5S. The first-order chi connectivity index (χ1) is 9.61. The molecule has 7 heteroatoms. The summed E-state index contributed by atoms with van der Waals surface area (Å²) in [5.41, 5.74) is 5.77. The maximum absolute atomic E-state index is 6.29. The molecular weight excluding hydrogens is 294 g/mol. The maximum Gasteiger partial charge on any atom is 0.159 e. The second-order valence-corrected chi connectivity index (χ2v) is 6.10. The van der Waals surface area contributed by atoms with Gasteiger partial charge in [-0.1, -0.05) is 0 Å². The summed E-state index contributed by atoms with van der Waals surface area (Å²) in [6.07, 6.45) is 0. The van der Waals surface area contributed by atoms with Crippen LogP contribution in [0.2, 0.25) is 0 Å². The van der Waals surface area contributed by atoms with Crippen molar-refractivity contribution in [2.75, 3.05) is 0 Å². The van der Waals surface area contributed by atoms with Gasteiger partial charge in [0.05, 0.1) is 28.8 Å². The molecule has 5 nitrogen and oxygen atoms in total. The highest BCUT2D eigenvalue weighted by Crippen LogP contribution is 2.27. The van der Waals surface area contributed by atoms with Gasteiger partial charge in [-0.05, 0) is 20.8 Å². The molecule has 0 spiro atoms. The second-order valence-electron chi connectivity index (χ2n) is 4.73. The molecule has 3 rings (SSSR count). The number of hydrogen-bond donors (Lipinski definition) is 0. The van der Waals surface area contributed by atoms with Crippen LogP contribution in [-0.4, -0.2) is 24.3 Å². The molecule has 20 heavy (non-hydrogen) atoms. The first kappa shape index (κ1) is 13.6. The number of nitrogens with zero attached hydrogens (tertiary/aromatic N) is 5. The number of fused-ring (bicyclic) bond motifs is 1. The van der Waals surface area contributed by atoms with E-state index >= 15 is 0 Å². The molecule has 0 bridgehead atoms. The Kier molecular flexibility index (Phi) is 3.52. The molecule has 0 aliphatic rings. The Morgan fingerprint density at radius 3 is 2.85 bits per heavy atom. The van der Waals surface area contributed by atoms with Crippen molar-refractivity contribution in [2.45, 2.75) is 39.2 Å². The summed E-state index contributed by atoms with van der Waals surface area (Å²) in [6.45, 7) is 7.49. The van der Waals surface area contributed by atoms with Crippen LogP contribution in [0.5, 0.6) is 0 Å². The predicted molar refractivity (Wildman–Crippen MR) is 81.4 cm³/mol. The third-order valence-electron chi connectivity index (χ3n) is 3.29. The van der Waals surface area contributed by atoms with Crippen molar-refractivity contribution in [3.8, 4) is 0 Å². The Bertz CT molecular complexity index is 726. The summed E-state index contributed by atoms with van der Waals surface area (Å²) in [5.74, 6) is 0.873. The van der Waals surface area contributed by atoms with Crippen LogP contribution in [0, 0.1) is 6.92 Å². The lowest BCUT2D eigenvalue weighted by Crippen LogP contribution is -2.10. The SMILES string of the molecule is CCn1nc(C)c2nc(C(C)Cl)n(Cc3cscn3)c21. The van der Waals surface area contributed by atoms with E-state index in [0.717, 1.165) is 34.9 Å². The smallest absolute Gasteiger partial charge is 0.159 e. The zero-order valence-electron chi connectivity index (χ0n) is 11.7. The fourth-order valence-corrected chi connectivity index (χ4v) is 3.12. The third-order valence-corrected chi connectivity index (χ3v) is 4.12. The first-order valence-electron chi connectivity index (χ1n) is 6.56. The Hall–Kier alpha value is -1.40. The van der Waals surface area contributed by atoms with Crippen molar-refractivity contribution in [2.24, 2.45) is 0 Å². The Balaban J connectivity index is 2.22. The van der Waals surface area contributed by atoms with Gasteiger partial charge in [-0.3, -0.25) is 0 Å². The van der Waals surface area contributed by atoms with E-state index in [4.69, 9.17) is 11.6 Å². The molecule has 0 saturated carbocycles. The largest absolute Gasteiger partial charge is 0.306 e. The zero-order valence-corrected chi connectivity index (χ0v) is 13.2. The molecule has 0 aliphatic carbocycles. The van der Waals surface area contributed by atoms with E-state index in [1.54, 1.807) is 11.3 Å². The second kappa shape index (κ2) is 5.18. The maximum atomic E-state index is 6.29. The summed E-state index contributed by atoms with van der Waals surface area (Å²) in [5, 5.41) is 6.43. The number of aromatic nitrogens is 5. The van der Waals surface area contributed by atoms with Gasteiger partial charge >= 0.3 is 0 Å². The van der Waals surface area contributed by atoms with Crippen molar-refractivity contribution >= 4 is 34.1 Å². The van der Waals surface area contributed by atoms with Gasteiger partial charge < -0.3 is 4.57 Å². The lowest BCUT2D eigenvalue weighted by atomic mass is 10.4. The van der Waals surface area contributed by atoms with Crippen LogP contribution in [0.3, 0.4) is 0 Å². The van der Waals surface area contributed by atoms with Crippen molar-refractivity contribution < 1.29 is 0 Å². The van der Waals surface area contributed by atoms with Crippen LogP contribution in [0.1, 0.15) is 36.4 Å². The first-order valence-corrected chi connectivity index (χ1v) is 7.94. The molecule has 0 saturated heterocycles. The molecule has 1 unspecified atom stereocenters. The summed E-state index contributed by atoms with van der Waals surface area (Å²) in [4.78, 5) is 9.04. The molecule has 3 aromatic heterocycles. The topological polar surface area (TPSA) is 48.5 Å². The van der Waals surface area contributed by atoms with Gasteiger partial charge in [-0.15, -0.1) is 22.9 Å². The summed E-state index contributed by atoms with van der Waals surface area (Å²) in [7, 11) is 0. The van der Waals surface area contributed by atoms with Gasteiger partial charge in [0.25, 0.3) is 0 Å². The lowest BCUT2D eigenvalue weighted by molar-refractivity contribution is 0.630. The molecule has 3 aromatic rings. The minimum absolute atomic E-state index is 0.147. The highest BCUT2D eigenvalue weighted by Gasteiger charge is 2.21. The fourth-order valence-electron chi connectivity index (χ4n) is 2.40. The van der Waals surface area contributed by atoms with Crippen molar-refractivity contribution in [3.05, 3.63) is 28.1 Å². The molecule has 0 aliphatic heterocycles. The van der Waals surface area contributed by atoms with Crippen LogP contribution in [-0.2, 0) is 13.1 Å². The highest BCUT2D eigenvalue weighted by molar-refractivity contribution is 7.07. The van der Waals surface area contributed by atoms with Gasteiger partial charge in [0.2, 0.25) is 0 Å². The predicted octanol–water partition coefficient (Wildman–Crippen LogP) is 3.37. The summed E-state index contributed by atoms with van der Waals surface area (Å²) >= 11 is 7.89. The summed E-state index contributed by atoms with van der Waals surface area (Å²) in [6, 6.07) is 0. The van der Waals surface area contributed by atoms with E-state index in [1.165, 1.54) is 0 Å². The average Bonchev–Trinajstić information content (AvgIpc) is 3.09. The number of imidazole rings is 1. The van der Waals surface area contributed by atoms with E-state index in [1.807, 2.05) is 29.4 Å². The standard InChI is InChI=1S/C13H16ClN5S/c1-4-19-13-11(9(3)17-19)16-12(8(2)14)18(13)5-10-6-20-7-15-10/h6-8H,4-5H2,1-3H3. The van der Waals surface area contributed by atoms with Gasteiger partial charge in [0.15, 0.2) is 5.65 Å². The fraction of sp³-hybridized carbons (Fsp3) is 0.462. The van der Waals surface area contributed by atoms with E-state index in [0.29, 0.717) is 6.54 Å². The van der Waals surface area contributed by atoms with Crippen LogP contribution < -0.4 is 0 Å². The number of rotatable bonds is 4. The molecule has 0 N–H and O–H groups in total. The van der Waals surface area contributed by atoms with Crippen molar-refractivity contribution in [1.82, 2.24) is 24.3 Å². The average molecular weight is 310 g/mol. The lowest BCUT2D eigenvalue weighted by Gasteiger charge is -2.10. The van der Waals surface area contributed by atoms with Gasteiger partial charge in [-0.25, -0.2) is 14.6 Å². The molecule has 3 heterocycles. The van der Waals surface area contributed by atoms with E-state index in [-0.39, 0.29) is 5.38 Å². The number of aryl methyl sites for hydroxylation is 2. The monoisotopic (exact) mass is 309 g/mol. The Morgan fingerprint density at radius 2 is 2.25 bits per heavy atom. The van der Waals surface area contributed by atoms with Crippen LogP contribution >= 0.6 is 22.9 Å². The van der Waals surface area contributed by atoms with E-state index in [2.05, 4.69) is 26.6 Å². The number of halogens is 1. The van der Waals surface area contributed by atoms with Crippen molar-refractivity contribution in [3.63, 3.8) is 0 Å². The Labute approximate surface area is 126 Å². The quantitative estimate of drug-likeness (QED) is 0.694. The van der Waals surface area contributed by atoms with Gasteiger partial charge in [0, 0.05) is 11.9 Å². The Morgan fingerprint density at radius 1 is 1.45 bits per heavy atom. The molecule has 106 valence electrons. The number of thiazole rings is 1. The van der Waals surface area contributed by atoms with E-state index in [9.17, 15) is 0 Å². The molecule has 0 fully saturated rings. The molecule has 1 atom stereocenters. The summed E-state index contributed by atoms with van der Waals surface area (Å²) < 4.78 is 4.11. The highest BCUT2D eigenvalue weighted by atomic mass is 35.5. The van der Waals surface area contributed by atoms with Crippen molar-refractivity contribution in [1.29, 1.82) is 0 Å². The molecule has 0 amide bonds. The minimum atomic E-state index is -0.147.